The molecule has 2 unspecified atom stereocenters. The molecule has 0 spiro atoms. The lowest BCUT2D eigenvalue weighted by Gasteiger charge is -2.15. The van der Waals surface area contributed by atoms with Crippen molar-refractivity contribution in [3.05, 3.63) is 0 Å². The lowest BCUT2D eigenvalue weighted by atomic mass is 9.91. The number of hydrogen-bond donors (Lipinski definition) is 0. The van der Waals surface area contributed by atoms with Gasteiger partial charge in [0.25, 0.3) is 0 Å². The van der Waals surface area contributed by atoms with Crippen molar-refractivity contribution in [2.24, 2.45) is 63.1 Å². The first kappa shape index (κ1) is 46.0. The molecule has 0 aromatic carbocycles. The first-order valence-electron chi connectivity index (χ1n) is 15.6. The smallest absolute Gasteiger partial charge is 0.0349 e. The fourth-order valence-corrected chi connectivity index (χ4v) is 8.47. The van der Waals surface area contributed by atoms with E-state index in [1.807, 2.05) is 0 Å². The summed E-state index contributed by atoms with van der Waals surface area (Å²) in [7, 11) is 0. The summed E-state index contributed by atoms with van der Waals surface area (Å²) in [4.78, 5) is 0. The lowest BCUT2D eigenvalue weighted by Crippen LogP contribution is -2.03. The van der Waals surface area contributed by atoms with E-state index < -0.39 is 0 Å². The molecule has 0 aromatic heterocycles. The second kappa shape index (κ2) is 17.8. The number of hydrogen-bond acceptors (Lipinski definition) is 0. The quantitative estimate of drug-likeness (QED) is 0.279. The van der Waals surface area contributed by atoms with Gasteiger partial charge in [0.1, 0.15) is 0 Å². The minimum absolute atomic E-state index is 0. The molecule has 0 heteroatoms. The van der Waals surface area contributed by atoms with Crippen molar-refractivity contribution in [3.63, 3.8) is 0 Å². The molecule has 39 heavy (non-hydrogen) atoms. The molecule has 0 amide bonds. The Morgan fingerprint density at radius 3 is 0.590 bits per heavy atom. The van der Waals surface area contributed by atoms with Gasteiger partial charge in [-0.3, -0.25) is 0 Å². The van der Waals surface area contributed by atoms with Crippen molar-refractivity contribution in [1.29, 1.82) is 0 Å². The first-order valence-corrected chi connectivity index (χ1v) is 15.6. The van der Waals surface area contributed by atoms with Crippen LogP contribution in [0.1, 0.15) is 191 Å². The van der Waals surface area contributed by atoms with E-state index in [-0.39, 0.29) is 29.7 Å². The van der Waals surface area contributed by atoms with Crippen LogP contribution in [0.4, 0.5) is 0 Å². The summed E-state index contributed by atoms with van der Waals surface area (Å²) in [6.45, 7) is 35.6. The molecule has 0 heterocycles. The van der Waals surface area contributed by atoms with Crippen molar-refractivity contribution in [1.82, 2.24) is 0 Å². The maximum atomic E-state index is 2.38. The van der Waals surface area contributed by atoms with E-state index in [0.29, 0.717) is 21.7 Å². The summed E-state index contributed by atoms with van der Waals surface area (Å²) in [5, 5.41) is 0. The van der Waals surface area contributed by atoms with Gasteiger partial charge in [0.2, 0.25) is 0 Å². The van der Waals surface area contributed by atoms with Gasteiger partial charge in [0, 0.05) is 0 Å². The van der Waals surface area contributed by atoms with Gasteiger partial charge in [-0.15, -0.1) is 0 Å². The maximum absolute atomic E-state index is 2.38. The van der Waals surface area contributed by atoms with Crippen molar-refractivity contribution in [2.45, 2.75) is 191 Å². The van der Waals surface area contributed by atoms with Crippen LogP contribution in [0.15, 0.2) is 0 Å². The standard InChI is InChI=1S/3C9H18.C8H16.4CH4/c3*1-7-5-9(3,4)6-8(7)2;1-7-4-5-8(2,3)6-7;;;;/h3*7-8H,5-6H2,1-4H3;7H,4-6H2,1-3H3;4*1H4/t7-,8+;7-,8-;;7-;;;;/m.0.1..../s1. The van der Waals surface area contributed by atoms with Gasteiger partial charge in [-0.05, 0) is 114 Å². The Morgan fingerprint density at radius 1 is 0.333 bits per heavy atom. The molecular formula is C39H86. The normalized spacial score (nSPS) is 35.9. The minimum Gasteiger partial charge on any atom is -0.0776 e. The van der Waals surface area contributed by atoms with Crippen LogP contribution >= 0.6 is 0 Å². The fourth-order valence-electron chi connectivity index (χ4n) is 8.47. The molecule has 242 valence electrons. The van der Waals surface area contributed by atoms with Crippen LogP contribution in [-0.4, -0.2) is 0 Å². The zero-order chi connectivity index (χ0) is 27.4. The van der Waals surface area contributed by atoms with Gasteiger partial charge in [-0.25, -0.2) is 0 Å². The van der Waals surface area contributed by atoms with Gasteiger partial charge in [-0.2, -0.15) is 0 Å². The Hall–Kier alpha value is 0. The van der Waals surface area contributed by atoms with Gasteiger partial charge in [0.05, 0.1) is 0 Å². The molecule has 0 aliphatic heterocycles. The summed E-state index contributed by atoms with van der Waals surface area (Å²) < 4.78 is 0. The predicted molar refractivity (Wildman–Crippen MR) is 188 cm³/mol. The molecule has 0 N–H and O–H groups in total. The molecule has 4 rings (SSSR count). The molecule has 0 saturated heterocycles. The van der Waals surface area contributed by atoms with E-state index in [4.69, 9.17) is 0 Å². The fraction of sp³-hybridized carbons (Fsp3) is 1.00. The van der Waals surface area contributed by atoms with Crippen molar-refractivity contribution < 1.29 is 0 Å². The Bertz CT molecular complexity index is 503. The van der Waals surface area contributed by atoms with Crippen LogP contribution in [-0.2, 0) is 0 Å². The molecule has 4 fully saturated rings. The van der Waals surface area contributed by atoms with Crippen molar-refractivity contribution in [3.8, 4) is 0 Å². The van der Waals surface area contributed by atoms with E-state index >= 15 is 0 Å². The van der Waals surface area contributed by atoms with Crippen LogP contribution in [0.25, 0.3) is 0 Å². The van der Waals surface area contributed by atoms with Gasteiger partial charge in [-0.1, -0.05) is 140 Å². The average Bonchev–Trinajstić information content (AvgIpc) is 3.25. The zero-order valence-electron chi connectivity index (χ0n) is 27.4. The monoisotopic (exact) mass is 555 g/mol. The molecule has 4 saturated carbocycles. The Balaban J connectivity index is -0.000000203. The van der Waals surface area contributed by atoms with Crippen LogP contribution in [0.2, 0.25) is 0 Å². The zero-order valence-corrected chi connectivity index (χ0v) is 27.4. The largest absolute Gasteiger partial charge is 0.0776 e. The van der Waals surface area contributed by atoms with Crippen LogP contribution in [0.3, 0.4) is 0 Å². The van der Waals surface area contributed by atoms with Gasteiger partial charge in [0.15, 0.2) is 0 Å². The topological polar surface area (TPSA) is 0 Å². The Kier molecular flexibility index (Phi) is 21.0. The van der Waals surface area contributed by atoms with Crippen LogP contribution in [0, 0.1) is 63.1 Å². The second-order valence-electron chi connectivity index (χ2n) is 17.6. The first-order chi connectivity index (χ1) is 15.6. The highest BCUT2D eigenvalue weighted by Crippen LogP contribution is 2.46. The van der Waals surface area contributed by atoms with E-state index in [2.05, 4.69) is 104 Å². The average molecular weight is 555 g/mol. The lowest BCUT2D eigenvalue weighted by molar-refractivity contribution is 0.362. The third-order valence-electron chi connectivity index (χ3n) is 10.4. The van der Waals surface area contributed by atoms with Gasteiger partial charge >= 0.3 is 0 Å². The van der Waals surface area contributed by atoms with E-state index in [1.165, 1.54) is 57.8 Å². The molecule has 4 aliphatic rings. The molecule has 0 radical (unpaired) electrons. The Morgan fingerprint density at radius 2 is 0.538 bits per heavy atom. The van der Waals surface area contributed by atoms with Crippen molar-refractivity contribution in [2.75, 3.05) is 0 Å². The van der Waals surface area contributed by atoms with E-state index in [1.54, 1.807) is 0 Å². The van der Waals surface area contributed by atoms with Crippen LogP contribution < -0.4 is 0 Å². The van der Waals surface area contributed by atoms with Crippen LogP contribution in [0.5, 0.6) is 0 Å². The minimum atomic E-state index is 0. The highest BCUT2D eigenvalue weighted by Gasteiger charge is 2.35. The molecular weight excluding hydrogens is 468 g/mol. The van der Waals surface area contributed by atoms with Gasteiger partial charge < -0.3 is 0 Å². The third kappa shape index (κ3) is 17.5. The third-order valence-corrected chi connectivity index (χ3v) is 10.4. The number of rotatable bonds is 0. The SMILES string of the molecule is C.C.C.C.CC1CC(C)(C)CC1C.C[C@@H]1CC(C)(C)C[C@@H]1C.C[C@@H]1CCC(C)(C)C1.C[C@H]1CC(C)(C)C[C@@H]1C. The second-order valence-corrected chi connectivity index (χ2v) is 17.6. The molecule has 0 bridgehead atoms. The summed E-state index contributed by atoms with van der Waals surface area (Å²) in [6.07, 6.45) is 12.9. The summed E-state index contributed by atoms with van der Waals surface area (Å²) in [5.41, 5.74) is 2.58. The van der Waals surface area contributed by atoms with E-state index in [9.17, 15) is 0 Å². The summed E-state index contributed by atoms with van der Waals surface area (Å²) >= 11 is 0. The summed E-state index contributed by atoms with van der Waals surface area (Å²) in [5.74, 6) is 6.74. The highest BCUT2D eigenvalue weighted by molar-refractivity contribution is 4.86. The molecule has 7 atom stereocenters. The molecule has 0 nitrogen and oxygen atoms in total. The predicted octanol–water partition coefficient (Wildman–Crippen LogP) is 14.6. The molecule has 0 aromatic rings. The Labute approximate surface area is 254 Å². The van der Waals surface area contributed by atoms with Crippen molar-refractivity contribution >= 4 is 0 Å². The highest BCUT2D eigenvalue weighted by atomic mass is 14.4. The molecule has 4 aliphatic carbocycles. The maximum Gasteiger partial charge on any atom is -0.0349 e. The van der Waals surface area contributed by atoms with E-state index in [0.717, 1.165) is 41.4 Å². The summed E-state index contributed by atoms with van der Waals surface area (Å²) in [6, 6.07) is 0.